The lowest BCUT2D eigenvalue weighted by Crippen LogP contribution is -2.28. The molecular weight excluding hydrogens is 204 g/mol. The van der Waals surface area contributed by atoms with Gasteiger partial charge in [0.25, 0.3) is 0 Å². The van der Waals surface area contributed by atoms with Gasteiger partial charge in [0.2, 0.25) is 11.9 Å². The number of hydrogen-bond donors (Lipinski definition) is 3. The molecule has 0 radical (unpaired) electrons. The molecular formula is C11H12N4O. The van der Waals surface area contributed by atoms with Crippen LogP contribution in [0.2, 0.25) is 0 Å². The summed E-state index contributed by atoms with van der Waals surface area (Å²) in [6, 6.07) is 8.50. The van der Waals surface area contributed by atoms with Gasteiger partial charge in [-0.1, -0.05) is 30.3 Å². The van der Waals surface area contributed by atoms with E-state index >= 15 is 0 Å². The zero-order valence-electron chi connectivity index (χ0n) is 8.55. The monoisotopic (exact) mass is 216 g/mol. The summed E-state index contributed by atoms with van der Waals surface area (Å²) in [5, 5.41) is 2.59. The zero-order valence-corrected chi connectivity index (χ0v) is 8.55. The van der Waals surface area contributed by atoms with E-state index in [1.165, 1.54) is 0 Å². The van der Waals surface area contributed by atoms with Crippen LogP contribution in [0.1, 0.15) is 11.6 Å². The van der Waals surface area contributed by atoms with Gasteiger partial charge in [0.15, 0.2) is 0 Å². The smallest absolute Gasteiger partial charge is 0.248 e. The average Bonchev–Trinajstić information content (AvgIpc) is 2.82. The number of carbonyl (C=O) groups excluding carboxylic acids is 1. The fourth-order valence-corrected chi connectivity index (χ4v) is 1.34. The number of anilines is 1. The highest BCUT2D eigenvalue weighted by molar-refractivity contribution is 5.93. The van der Waals surface area contributed by atoms with Gasteiger partial charge in [-0.3, -0.25) is 10.1 Å². The van der Waals surface area contributed by atoms with E-state index in [1.54, 1.807) is 12.4 Å². The fourth-order valence-electron chi connectivity index (χ4n) is 1.34. The molecule has 82 valence electrons. The summed E-state index contributed by atoms with van der Waals surface area (Å²) in [7, 11) is 0. The van der Waals surface area contributed by atoms with Gasteiger partial charge in [0.05, 0.1) is 0 Å². The van der Waals surface area contributed by atoms with Crippen molar-refractivity contribution in [2.24, 2.45) is 5.73 Å². The predicted octanol–water partition coefficient (Wildman–Crippen LogP) is 1.05. The average molecular weight is 216 g/mol. The molecule has 1 heterocycles. The van der Waals surface area contributed by atoms with E-state index in [0.29, 0.717) is 5.95 Å². The molecule has 0 fully saturated rings. The van der Waals surface area contributed by atoms with Gasteiger partial charge in [-0.15, -0.1) is 0 Å². The maximum atomic E-state index is 11.7. The minimum absolute atomic E-state index is 0.291. The topological polar surface area (TPSA) is 83.8 Å². The number of rotatable bonds is 3. The van der Waals surface area contributed by atoms with E-state index in [2.05, 4.69) is 15.3 Å². The molecule has 5 heteroatoms. The Labute approximate surface area is 92.7 Å². The number of amides is 1. The van der Waals surface area contributed by atoms with Crippen molar-refractivity contribution in [3.63, 3.8) is 0 Å². The first-order valence-corrected chi connectivity index (χ1v) is 4.88. The number of aromatic nitrogens is 2. The van der Waals surface area contributed by atoms with Crippen molar-refractivity contribution in [1.29, 1.82) is 0 Å². The van der Waals surface area contributed by atoms with Crippen molar-refractivity contribution in [2.75, 3.05) is 5.32 Å². The number of nitrogens with one attached hydrogen (secondary N) is 2. The van der Waals surface area contributed by atoms with E-state index in [-0.39, 0.29) is 5.91 Å². The number of hydrogen-bond acceptors (Lipinski definition) is 3. The normalized spacial score (nSPS) is 12.1. The molecule has 1 aromatic carbocycles. The molecule has 0 aliphatic rings. The first-order chi connectivity index (χ1) is 7.77. The highest BCUT2D eigenvalue weighted by Gasteiger charge is 2.15. The summed E-state index contributed by atoms with van der Waals surface area (Å²) in [6.45, 7) is 0. The molecule has 5 nitrogen and oxygen atoms in total. The zero-order chi connectivity index (χ0) is 11.4. The van der Waals surface area contributed by atoms with Crippen molar-refractivity contribution >= 4 is 11.9 Å². The number of nitrogens with zero attached hydrogens (tertiary/aromatic N) is 1. The second kappa shape index (κ2) is 4.59. The summed E-state index contributed by atoms with van der Waals surface area (Å²) in [6.07, 6.45) is 3.19. The minimum Gasteiger partial charge on any atom is -0.331 e. The van der Waals surface area contributed by atoms with Crippen LogP contribution in [0.25, 0.3) is 0 Å². The highest BCUT2D eigenvalue weighted by Crippen LogP contribution is 2.11. The molecule has 0 saturated carbocycles. The SMILES string of the molecule is N[C@@H](C(=O)Nc1ncc[nH]1)c1ccccc1. The molecule has 0 spiro atoms. The lowest BCUT2D eigenvalue weighted by atomic mass is 10.1. The number of aromatic amines is 1. The highest BCUT2D eigenvalue weighted by atomic mass is 16.2. The Bertz CT molecular complexity index is 452. The molecule has 1 atom stereocenters. The Hall–Kier alpha value is -2.14. The molecule has 0 saturated heterocycles. The molecule has 16 heavy (non-hydrogen) atoms. The predicted molar refractivity (Wildman–Crippen MR) is 60.6 cm³/mol. The Balaban J connectivity index is 2.05. The van der Waals surface area contributed by atoms with Gasteiger partial charge in [-0.05, 0) is 5.56 Å². The number of carbonyl (C=O) groups is 1. The van der Waals surface area contributed by atoms with Crippen molar-refractivity contribution < 1.29 is 4.79 Å². The summed E-state index contributed by atoms with van der Waals surface area (Å²) in [5.41, 5.74) is 6.57. The maximum Gasteiger partial charge on any atom is 0.248 e. The van der Waals surface area contributed by atoms with Gasteiger partial charge < -0.3 is 10.7 Å². The Morgan fingerprint density at radius 3 is 2.75 bits per heavy atom. The van der Waals surface area contributed by atoms with Crippen LogP contribution in [0.5, 0.6) is 0 Å². The van der Waals surface area contributed by atoms with Crippen LogP contribution in [-0.2, 0) is 4.79 Å². The molecule has 1 amide bonds. The molecule has 2 rings (SSSR count). The van der Waals surface area contributed by atoms with E-state index in [4.69, 9.17) is 5.73 Å². The van der Waals surface area contributed by atoms with E-state index in [9.17, 15) is 4.79 Å². The third-order valence-corrected chi connectivity index (χ3v) is 2.18. The second-order valence-electron chi connectivity index (χ2n) is 3.32. The molecule has 4 N–H and O–H groups in total. The van der Waals surface area contributed by atoms with Crippen molar-refractivity contribution in [1.82, 2.24) is 9.97 Å². The number of H-pyrrole nitrogens is 1. The van der Waals surface area contributed by atoms with Crippen LogP contribution in [0.15, 0.2) is 42.7 Å². The van der Waals surface area contributed by atoms with Gasteiger partial charge in [0.1, 0.15) is 6.04 Å². The van der Waals surface area contributed by atoms with Crippen molar-refractivity contribution in [3.8, 4) is 0 Å². The van der Waals surface area contributed by atoms with Crippen LogP contribution in [0, 0.1) is 0 Å². The van der Waals surface area contributed by atoms with Gasteiger partial charge in [0, 0.05) is 12.4 Å². The van der Waals surface area contributed by atoms with E-state index < -0.39 is 6.04 Å². The first kappa shape index (κ1) is 10.4. The molecule has 1 aromatic heterocycles. The molecule has 0 unspecified atom stereocenters. The van der Waals surface area contributed by atoms with Crippen molar-refractivity contribution in [3.05, 3.63) is 48.3 Å². The summed E-state index contributed by atoms with van der Waals surface area (Å²) >= 11 is 0. The van der Waals surface area contributed by atoms with Gasteiger partial charge in [-0.2, -0.15) is 0 Å². The van der Waals surface area contributed by atoms with Crippen LogP contribution in [0.4, 0.5) is 5.95 Å². The van der Waals surface area contributed by atoms with E-state index in [1.807, 2.05) is 30.3 Å². The van der Waals surface area contributed by atoms with Crippen LogP contribution in [0.3, 0.4) is 0 Å². The standard InChI is InChI=1S/C11H12N4O/c12-9(8-4-2-1-3-5-8)10(16)15-11-13-6-7-14-11/h1-7,9H,12H2,(H2,13,14,15,16)/t9-/m1/s1. The largest absolute Gasteiger partial charge is 0.331 e. The lowest BCUT2D eigenvalue weighted by Gasteiger charge is -2.10. The Morgan fingerprint density at radius 2 is 2.12 bits per heavy atom. The third-order valence-electron chi connectivity index (χ3n) is 2.18. The minimum atomic E-state index is -0.689. The number of imidazole rings is 1. The summed E-state index contributed by atoms with van der Waals surface area (Å²) in [5.74, 6) is 0.109. The third kappa shape index (κ3) is 2.26. The van der Waals surface area contributed by atoms with Crippen LogP contribution < -0.4 is 11.1 Å². The quantitative estimate of drug-likeness (QED) is 0.717. The summed E-state index contributed by atoms with van der Waals surface area (Å²) in [4.78, 5) is 18.4. The van der Waals surface area contributed by atoms with Gasteiger partial charge >= 0.3 is 0 Å². The Kier molecular flexibility index (Phi) is 2.98. The molecule has 2 aromatic rings. The number of benzene rings is 1. The summed E-state index contributed by atoms with van der Waals surface area (Å²) < 4.78 is 0. The molecule has 0 bridgehead atoms. The Morgan fingerprint density at radius 1 is 1.38 bits per heavy atom. The maximum absolute atomic E-state index is 11.7. The van der Waals surface area contributed by atoms with Crippen LogP contribution >= 0.6 is 0 Å². The van der Waals surface area contributed by atoms with Crippen molar-refractivity contribution in [2.45, 2.75) is 6.04 Å². The lowest BCUT2D eigenvalue weighted by molar-refractivity contribution is -0.117. The second-order valence-corrected chi connectivity index (χ2v) is 3.32. The first-order valence-electron chi connectivity index (χ1n) is 4.88. The fraction of sp³-hybridized carbons (Fsp3) is 0.0909. The molecule has 0 aliphatic carbocycles. The van der Waals surface area contributed by atoms with Gasteiger partial charge in [-0.25, -0.2) is 4.98 Å². The molecule has 0 aliphatic heterocycles. The van der Waals surface area contributed by atoms with Crippen LogP contribution in [-0.4, -0.2) is 15.9 Å². The number of nitrogens with two attached hydrogens (primary N) is 1. The van der Waals surface area contributed by atoms with E-state index in [0.717, 1.165) is 5.56 Å².